The van der Waals surface area contributed by atoms with Gasteiger partial charge in [0.2, 0.25) is 6.41 Å². The Bertz CT molecular complexity index is 116. The van der Waals surface area contributed by atoms with Gasteiger partial charge in [0.25, 0.3) is 0 Å². The fourth-order valence-electron chi connectivity index (χ4n) is 0.726. The summed E-state index contributed by atoms with van der Waals surface area (Å²) in [7, 11) is 3.56. The van der Waals surface area contributed by atoms with Gasteiger partial charge in [-0.25, -0.2) is 0 Å². The number of hydrogen-bond donors (Lipinski definition) is 3. The van der Waals surface area contributed by atoms with E-state index in [1.54, 1.807) is 21.0 Å². The number of aliphatic hydroxyl groups excluding tert-OH is 1. The van der Waals surface area contributed by atoms with Crippen LogP contribution in [0.4, 0.5) is 0 Å². The molecule has 0 aliphatic heterocycles. The Morgan fingerprint density at radius 1 is 1.50 bits per heavy atom. The molecule has 0 aromatic heterocycles. The number of aliphatic hydroxyl groups is 1. The van der Waals surface area contributed by atoms with Crippen LogP contribution in [0.1, 0.15) is 26.2 Å². The summed E-state index contributed by atoms with van der Waals surface area (Å²) in [5, 5.41) is 12.9. The van der Waals surface area contributed by atoms with Gasteiger partial charge < -0.3 is 10.4 Å². The van der Waals surface area contributed by atoms with Gasteiger partial charge >= 0.3 is 0 Å². The summed E-state index contributed by atoms with van der Waals surface area (Å²) in [6.45, 7) is 2.49. The molecule has 5 heteroatoms. The van der Waals surface area contributed by atoms with Crippen LogP contribution in [0.2, 0.25) is 0 Å². The maximum absolute atomic E-state index is 9.74. The highest BCUT2D eigenvalue weighted by Gasteiger charge is 1.93. The predicted octanol–water partition coefficient (Wildman–Crippen LogP) is -0.295. The lowest BCUT2D eigenvalue weighted by Gasteiger charge is -2.02. The normalized spacial score (nSPS) is 11.6. The molecule has 1 unspecified atom stereocenters. The Morgan fingerprint density at radius 2 is 2.00 bits per heavy atom. The smallest absolute Gasteiger partial charge is 0.207 e. The third-order valence-corrected chi connectivity index (χ3v) is 1.28. The van der Waals surface area contributed by atoms with Crippen LogP contribution in [-0.4, -0.2) is 43.3 Å². The Balaban J connectivity index is 0. The fraction of sp³-hybridized carbons (Fsp3) is 0.889. The average molecular weight is 205 g/mol. The van der Waals surface area contributed by atoms with Gasteiger partial charge in [0.15, 0.2) is 0 Å². The molecular weight excluding hydrogens is 182 g/mol. The molecule has 14 heavy (non-hydrogen) atoms. The Morgan fingerprint density at radius 3 is 2.36 bits per heavy atom. The lowest BCUT2D eigenvalue weighted by atomic mass is 10.2. The first-order chi connectivity index (χ1) is 6.50. The number of carbonyl (C=O) groups excluding carboxylic acids is 1. The predicted molar refractivity (Wildman–Crippen MR) is 57.5 cm³/mol. The molecule has 0 spiro atoms. The number of nitrogens with two attached hydrogens (primary N) is 1. The summed E-state index contributed by atoms with van der Waals surface area (Å²) < 4.78 is 0. The van der Waals surface area contributed by atoms with Gasteiger partial charge in [-0.1, -0.05) is 0 Å². The molecule has 0 saturated heterocycles. The van der Waals surface area contributed by atoms with Crippen LogP contribution in [-0.2, 0) is 4.79 Å². The lowest BCUT2D eigenvalue weighted by Crippen LogP contribution is -2.18. The molecule has 1 amide bonds. The van der Waals surface area contributed by atoms with Crippen molar-refractivity contribution in [1.29, 1.82) is 0 Å². The van der Waals surface area contributed by atoms with Gasteiger partial charge in [-0.15, -0.1) is 0 Å². The van der Waals surface area contributed by atoms with Crippen molar-refractivity contribution in [3.8, 4) is 0 Å². The van der Waals surface area contributed by atoms with Crippen LogP contribution in [0.3, 0.4) is 0 Å². The topological polar surface area (TPSA) is 78.6 Å². The standard InChI is InChI=1S/C7H15NO2.C2H8N2/c1-7(10)4-2-3-5-8-6-9;1-4(2)3/h6-7,10H,2-5H2,1H3,(H,8,9);3H2,1-2H3. The number of hydrazine groups is 1. The third kappa shape index (κ3) is 30.2. The first-order valence-corrected chi connectivity index (χ1v) is 4.77. The maximum atomic E-state index is 9.74. The number of unbranched alkanes of at least 4 members (excludes halogenated alkanes) is 1. The monoisotopic (exact) mass is 205 g/mol. The van der Waals surface area contributed by atoms with Gasteiger partial charge in [0.05, 0.1) is 6.10 Å². The minimum Gasteiger partial charge on any atom is -0.393 e. The highest BCUT2D eigenvalue weighted by molar-refractivity contribution is 5.45. The van der Waals surface area contributed by atoms with E-state index in [1.165, 1.54) is 5.01 Å². The van der Waals surface area contributed by atoms with Crippen LogP contribution < -0.4 is 11.2 Å². The summed E-state index contributed by atoms with van der Waals surface area (Å²) in [4.78, 5) is 9.74. The second kappa shape index (κ2) is 12.3. The average Bonchev–Trinajstić information content (AvgIpc) is 2.02. The summed E-state index contributed by atoms with van der Waals surface area (Å²) in [5.41, 5.74) is 0. The zero-order valence-corrected chi connectivity index (χ0v) is 9.36. The second-order valence-corrected chi connectivity index (χ2v) is 3.38. The molecule has 0 heterocycles. The molecular formula is C9H23N3O2. The van der Waals surface area contributed by atoms with Gasteiger partial charge in [-0.3, -0.25) is 15.6 Å². The molecule has 1 atom stereocenters. The van der Waals surface area contributed by atoms with Crippen molar-refractivity contribution in [2.75, 3.05) is 20.6 Å². The largest absolute Gasteiger partial charge is 0.393 e. The molecule has 0 aromatic rings. The van der Waals surface area contributed by atoms with Gasteiger partial charge in [0, 0.05) is 20.6 Å². The van der Waals surface area contributed by atoms with Crippen molar-refractivity contribution in [3.05, 3.63) is 0 Å². The highest BCUT2D eigenvalue weighted by Crippen LogP contribution is 1.97. The minimum atomic E-state index is -0.212. The Kier molecular flexibility index (Phi) is 13.9. The lowest BCUT2D eigenvalue weighted by molar-refractivity contribution is -0.109. The summed E-state index contributed by atoms with van der Waals surface area (Å²) in [6.07, 6.45) is 3.22. The molecule has 86 valence electrons. The second-order valence-electron chi connectivity index (χ2n) is 3.38. The molecule has 0 aliphatic rings. The number of rotatable bonds is 6. The van der Waals surface area contributed by atoms with E-state index in [9.17, 15) is 4.79 Å². The van der Waals surface area contributed by atoms with Crippen LogP contribution in [0.25, 0.3) is 0 Å². The first kappa shape index (κ1) is 15.8. The molecule has 0 aliphatic carbocycles. The SMILES string of the molecule is CC(O)CCCCNC=O.CN(C)N. The number of carbonyl (C=O) groups is 1. The van der Waals surface area contributed by atoms with Crippen molar-refractivity contribution in [2.45, 2.75) is 32.3 Å². The van der Waals surface area contributed by atoms with E-state index in [4.69, 9.17) is 10.9 Å². The van der Waals surface area contributed by atoms with E-state index in [2.05, 4.69) is 5.32 Å². The molecule has 0 saturated carbocycles. The highest BCUT2D eigenvalue weighted by atomic mass is 16.3. The molecule has 5 nitrogen and oxygen atoms in total. The maximum Gasteiger partial charge on any atom is 0.207 e. The van der Waals surface area contributed by atoms with Crippen molar-refractivity contribution in [2.24, 2.45) is 5.84 Å². The van der Waals surface area contributed by atoms with E-state index in [-0.39, 0.29) is 6.10 Å². The third-order valence-electron chi connectivity index (χ3n) is 1.28. The van der Waals surface area contributed by atoms with Gasteiger partial charge in [0.1, 0.15) is 0 Å². The molecule has 0 radical (unpaired) electrons. The minimum absolute atomic E-state index is 0.212. The first-order valence-electron chi connectivity index (χ1n) is 4.77. The van der Waals surface area contributed by atoms with Crippen LogP contribution >= 0.6 is 0 Å². The van der Waals surface area contributed by atoms with Crippen LogP contribution in [0.15, 0.2) is 0 Å². The number of nitrogens with zero attached hydrogens (tertiary/aromatic N) is 1. The van der Waals surface area contributed by atoms with Crippen molar-refractivity contribution in [3.63, 3.8) is 0 Å². The van der Waals surface area contributed by atoms with Crippen molar-refractivity contribution in [1.82, 2.24) is 10.3 Å². The quantitative estimate of drug-likeness (QED) is 0.241. The zero-order chi connectivity index (χ0) is 11.4. The van der Waals surface area contributed by atoms with Crippen LogP contribution in [0.5, 0.6) is 0 Å². The molecule has 0 aromatic carbocycles. The Labute approximate surface area is 86.2 Å². The molecule has 0 bridgehead atoms. The van der Waals surface area contributed by atoms with Crippen LogP contribution in [0, 0.1) is 0 Å². The van der Waals surface area contributed by atoms with Crippen molar-refractivity contribution >= 4 is 6.41 Å². The van der Waals surface area contributed by atoms with Gasteiger partial charge in [-0.2, -0.15) is 0 Å². The molecule has 0 rings (SSSR count). The summed E-state index contributed by atoms with van der Waals surface area (Å²) >= 11 is 0. The van der Waals surface area contributed by atoms with E-state index < -0.39 is 0 Å². The summed E-state index contributed by atoms with van der Waals surface area (Å²) in [5.74, 6) is 4.94. The van der Waals surface area contributed by atoms with Gasteiger partial charge in [-0.05, 0) is 26.2 Å². The van der Waals surface area contributed by atoms with Crippen molar-refractivity contribution < 1.29 is 9.90 Å². The van der Waals surface area contributed by atoms with E-state index in [0.717, 1.165) is 25.8 Å². The summed E-state index contributed by atoms with van der Waals surface area (Å²) in [6, 6.07) is 0. The number of amides is 1. The number of hydrogen-bond acceptors (Lipinski definition) is 4. The van der Waals surface area contributed by atoms with E-state index in [0.29, 0.717) is 6.41 Å². The fourth-order valence-corrected chi connectivity index (χ4v) is 0.726. The zero-order valence-electron chi connectivity index (χ0n) is 9.36. The Hall–Kier alpha value is -0.650. The molecule has 0 fully saturated rings. The van der Waals surface area contributed by atoms with E-state index in [1.807, 2.05) is 0 Å². The number of nitrogens with one attached hydrogen (secondary N) is 1. The van der Waals surface area contributed by atoms with E-state index >= 15 is 0 Å². The molecule has 4 N–H and O–H groups in total.